The van der Waals surface area contributed by atoms with Crippen molar-refractivity contribution >= 4 is 40.8 Å². The number of carbonyl (C=O) groups is 1. The fourth-order valence-electron chi connectivity index (χ4n) is 3.42. The number of phenolic OH excluding ortho intramolecular Hbond substituents is 1. The fourth-order valence-corrected chi connectivity index (χ4v) is 3.92. The zero-order valence-electron chi connectivity index (χ0n) is 19.1. The van der Waals surface area contributed by atoms with Crippen LogP contribution in [0.15, 0.2) is 43.0 Å². The van der Waals surface area contributed by atoms with Gasteiger partial charge in [0.2, 0.25) is 5.78 Å². The second kappa shape index (κ2) is 8.72. The summed E-state index contributed by atoms with van der Waals surface area (Å²) in [6, 6.07) is 8.55. The molecular formula is C25H27Cl2N3O2. The van der Waals surface area contributed by atoms with Crippen molar-refractivity contribution in [1.29, 1.82) is 0 Å². The summed E-state index contributed by atoms with van der Waals surface area (Å²) < 4.78 is 1.41. The molecule has 168 valence electrons. The van der Waals surface area contributed by atoms with Crippen LogP contribution in [0.1, 0.15) is 68.6 Å². The van der Waals surface area contributed by atoms with Crippen LogP contribution in [0, 0.1) is 0 Å². The lowest BCUT2D eigenvalue weighted by Crippen LogP contribution is -2.17. The van der Waals surface area contributed by atoms with E-state index in [0.29, 0.717) is 10.6 Å². The summed E-state index contributed by atoms with van der Waals surface area (Å²) in [5.74, 6) is -0.0450. The number of phenols is 1. The van der Waals surface area contributed by atoms with Gasteiger partial charge in [-0.05, 0) is 52.8 Å². The summed E-state index contributed by atoms with van der Waals surface area (Å²) in [7, 11) is 0. The van der Waals surface area contributed by atoms with Gasteiger partial charge in [0.25, 0.3) is 0 Å². The minimum absolute atomic E-state index is 0.255. The first kappa shape index (κ1) is 24.0. The van der Waals surface area contributed by atoms with E-state index in [0.717, 1.165) is 16.7 Å². The molecule has 7 heteroatoms. The van der Waals surface area contributed by atoms with E-state index in [-0.39, 0.29) is 33.1 Å². The Bertz CT molecular complexity index is 1150. The number of benzene rings is 2. The van der Waals surface area contributed by atoms with E-state index in [1.54, 1.807) is 18.2 Å². The molecule has 0 atom stereocenters. The van der Waals surface area contributed by atoms with E-state index in [9.17, 15) is 9.90 Å². The van der Waals surface area contributed by atoms with Gasteiger partial charge in [0, 0.05) is 21.7 Å². The molecule has 0 fully saturated rings. The molecule has 1 heterocycles. The van der Waals surface area contributed by atoms with Crippen LogP contribution in [0.4, 0.5) is 0 Å². The van der Waals surface area contributed by atoms with Crippen LogP contribution in [-0.4, -0.2) is 25.7 Å². The molecule has 0 saturated heterocycles. The summed E-state index contributed by atoms with van der Waals surface area (Å²) in [5, 5.41) is 15.9. The quantitative estimate of drug-likeness (QED) is 0.336. The third kappa shape index (κ3) is 5.05. The van der Waals surface area contributed by atoms with Crippen molar-refractivity contribution < 1.29 is 9.90 Å². The van der Waals surface area contributed by atoms with Crippen molar-refractivity contribution in [1.82, 2.24) is 14.8 Å². The minimum atomic E-state index is -0.320. The Hall–Kier alpha value is -2.63. The third-order valence-corrected chi connectivity index (χ3v) is 5.67. The smallest absolute Gasteiger partial charge is 0.212 e. The van der Waals surface area contributed by atoms with Crippen molar-refractivity contribution in [2.75, 3.05) is 0 Å². The third-order valence-electron chi connectivity index (χ3n) is 5.13. The van der Waals surface area contributed by atoms with E-state index in [2.05, 4.69) is 10.1 Å². The number of Topliss-reactive ketones (excluding diaryl/α,β-unsaturated/α-hetero) is 1. The zero-order valence-corrected chi connectivity index (χ0v) is 20.6. The van der Waals surface area contributed by atoms with Gasteiger partial charge in [0.15, 0.2) is 0 Å². The van der Waals surface area contributed by atoms with Crippen LogP contribution in [-0.2, 0) is 10.8 Å². The molecule has 0 amide bonds. The van der Waals surface area contributed by atoms with Gasteiger partial charge in [-0.15, -0.1) is 0 Å². The number of hydrogen-bond acceptors (Lipinski definition) is 4. The fraction of sp³-hybridized carbons (Fsp3) is 0.320. The predicted octanol–water partition coefficient (Wildman–Crippen LogP) is 6.77. The summed E-state index contributed by atoms with van der Waals surface area (Å²) in [4.78, 5) is 17.5. The van der Waals surface area contributed by atoms with E-state index < -0.39 is 0 Å². The first-order valence-electron chi connectivity index (χ1n) is 10.2. The molecule has 0 aliphatic heterocycles. The Kier molecular flexibility index (Phi) is 6.55. The van der Waals surface area contributed by atoms with E-state index in [1.165, 1.54) is 23.4 Å². The molecule has 0 spiro atoms. The molecule has 1 N–H and O–H groups in total. The molecule has 0 bridgehead atoms. The number of aromatic hydroxyl groups is 1. The molecule has 2 aromatic carbocycles. The maximum atomic E-state index is 13.5. The van der Waals surface area contributed by atoms with Gasteiger partial charge in [0.05, 0.1) is 5.02 Å². The highest BCUT2D eigenvalue weighted by Gasteiger charge is 2.27. The van der Waals surface area contributed by atoms with Crippen LogP contribution in [0.25, 0.3) is 11.8 Å². The number of rotatable bonds is 4. The van der Waals surface area contributed by atoms with E-state index in [1.807, 2.05) is 53.7 Å². The van der Waals surface area contributed by atoms with Crippen LogP contribution in [0.3, 0.4) is 0 Å². The average molecular weight is 472 g/mol. The molecule has 0 saturated carbocycles. The molecule has 32 heavy (non-hydrogen) atoms. The van der Waals surface area contributed by atoms with Crippen molar-refractivity contribution in [2.45, 2.75) is 52.4 Å². The van der Waals surface area contributed by atoms with Gasteiger partial charge in [-0.2, -0.15) is 5.10 Å². The molecule has 0 unspecified atom stereocenters. The summed E-state index contributed by atoms with van der Waals surface area (Å²) in [5.41, 5.74) is 2.34. The largest absolute Gasteiger partial charge is 0.507 e. The van der Waals surface area contributed by atoms with Gasteiger partial charge in [-0.1, -0.05) is 64.7 Å². The molecule has 3 rings (SSSR count). The SMILES string of the molecule is CC(C)(C)c1cc(/C=C(/C(=O)c2ccc(Cl)cc2Cl)n2cncn2)cc(C(C)(C)C)c1O. The minimum Gasteiger partial charge on any atom is -0.507 e. The number of aromatic nitrogens is 3. The normalized spacial score (nSPS) is 12.8. The highest BCUT2D eigenvalue weighted by Crippen LogP contribution is 2.40. The van der Waals surface area contributed by atoms with Crippen molar-refractivity contribution in [3.63, 3.8) is 0 Å². The van der Waals surface area contributed by atoms with Gasteiger partial charge < -0.3 is 5.11 Å². The maximum Gasteiger partial charge on any atom is 0.212 e. The van der Waals surface area contributed by atoms with Gasteiger partial charge >= 0.3 is 0 Å². The molecule has 0 aliphatic carbocycles. The number of carbonyl (C=O) groups excluding carboxylic acids is 1. The topological polar surface area (TPSA) is 68.0 Å². The molecule has 5 nitrogen and oxygen atoms in total. The Morgan fingerprint density at radius 3 is 2.06 bits per heavy atom. The Balaban J connectivity index is 2.26. The van der Waals surface area contributed by atoms with Crippen molar-refractivity contribution in [2.24, 2.45) is 0 Å². The second-order valence-electron chi connectivity index (χ2n) is 9.79. The number of hydrogen-bond donors (Lipinski definition) is 1. The molecular weight excluding hydrogens is 445 g/mol. The lowest BCUT2D eigenvalue weighted by molar-refractivity contribution is 0.105. The standard InChI is InChI=1S/C25H27Cl2N3O2/c1-24(2,3)18-9-15(10-19(23(18)32)25(4,5)6)11-21(30-14-28-13-29-30)22(31)17-8-7-16(26)12-20(17)27/h7-14,32H,1-6H3/b21-11-. The number of allylic oxidation sites excluding steroid dienone is 1. The monoisotopic (exact) mass is 471 g/mol. The molecule has 1 aromatic heterocycles. The van der Waals surface area contributed by atoms with Crippen LogP contribution < -0.4 is 0 Å². The van der Waals surface area contributed by atoms with Gasteiger partial charge in [-0.3, -0.25) is 4.79 Å². The lowest BCUT2D eigenvalue weighted by Gasteiger charge is -2.28. The van der Waals surface area contributed by atoms with E-state index in [4.69, 9.17) is 23.2 Å². The molecule has 3 aromatic rings. The Morgan fingerprint density at radius 2 is 1.59 bits per heavy atom. The van der Waals surface area contributed by atoms with Gasteiger partial charge in [0.1, 0.15) is 24.1 Å². The first-order chi connectivity index (χ1) is 14.8. The van der Waals surface area contributed by atoms with Gasteiger partial charge in [-0.25, -0.2) is 9.67 Å². The average Bonchev–Trinajstić information content (AvgIpc) is 3.19. The lowest BCUT2D eigenvalue weighted by atomic mass is 9.78. The van der Waals surface area contributed by atoms with Crippen LogP contribution in [0.5, 0.6) is 5.75 Å². The highest BCUT2D eigenvalue weighted by molar-refractivity contribution is 6.40. The first-order valence-corrected chi connectivity index (χ1v) is 11.0. The molecule has 0 aliphatic rings. The van der Waals surface area contributed by atoms with Crippen molar-refractivity contribution in [3.05, 3.63) is 75.3 Å². The van der Waals surface area contributed by atoms with Crippen LogP contribution >= 0.6 is 23.2 Å². The number of nitrogens with zero attached hydrogens (tertiary/aromatic N) is 3. The summed E-state index contributed by atoms with van der Waals surface area (Å²) in [6.45, 7) is 12.2. The number of ketones is 1. The number of halogens is 2. The van der Waals surface area contributed by atoms with Crippen LogP contribution in [0.2, 0.25) is 10.0 Å². The van der Waals surface area contributed by atoms with E-state index >= 15 is 0 Å². The summed E-state index contributed by atoms with van der Waals surface area (Å²) in [6.07, 6.45) is 4.57. The Labute approximate surface area is 198 Å². The van der Waals surface area contributed by atoms with Crippen molar-refractivity contribution in [3.8, 4) is 5.75 Å². The zero-order chi connectivity index (χ0) is 23.8. The molecule has 0 radical (unpaired) electrons. The maximum absolute atomic E-state index is 13.5. The predicted molar refractivity (Wildman–Crippen MR) is 130 cm³/mol. The second-order valence-corrected chi connectivity index (χ2v) is 10.6. The summed E-state index contributed by atoms with van der Waals surface area (Å²) >= 11 is 12.3. The Morgan fingerprint density at radius 1 is 1.00 bits per heavy atom. The highest BCUT2D eigenvalue weighted by atomic mass is 35.5.